The molecule has 2 aliphatic heterocycles. The molecule has 2 atom stereocenters. The molecule has 0 radical (unpaired) electrons. The van der Waals surface area contributed by atoms with Gasteiger partial charge in [-0.15, -0.1) is 0 Å². The minimum absolute atomic E-state index is 0.0964. The number of β-amino-alcohol motifs (C(OH)–C–C–N with tert-alkyl or cyclic N) is 1. The van der Waals surface area contributed by atoms with Crippen molar-refractivity contribution < 1.29 is 14.7 Å². The molecule has 2 heterocycles. The van der Waals surface area contributed by atoms with E-state index < -0.39 is 12.1 Å². The molecule has 1 aromatic carbocycles. The molecule has 1 aromatic rings. The Morgan fingerprint density at radius 2 is 2.09 bits per heavy atom. The second-order valence-corrected chi connectivity index (χ2v) is 6.28. The lowest BCUT2D eigenvalue weighted by atomic mass is 10.1. The van der Waals surface area contributed by atoms with Gasteiger partial charge < -0.3 is 20.2 Å². The SMILES string of the molecule is C[C@H](NC(=O)N1CCC[C@H](O)C1)C(=O)N1CCc2ccccc21. The lowest BCUT2D eigenvalue weighted by Crippen LogP contribution is -2.53. The zero-order chi connectivity index (χ0) is 16.4. The molecular weight excluding hydrogens is 294 g/mol. The van der Waals surface area contributed by atoms with E-state index in [4.69, 9.17) is 0 Å². The Morgan fingerprint density at radius 3 is 2.87 bits per heavy atom. The molecule has 6 nitrogen and oxygen atoms in total. The van der Waals surface area contributed by atoms with Gasteiger partial charge in [-0.05, 0) is 37.8 Å². The monoisotopic (exact) mass is 317 g/mol. The van der Waals surface area contributed by atoms with Crippen molar-refractivity contribution in [2.45, 2.75) is 38.3 Å². The van der Waals surface area contributed by atoms with Crippen LogP contribution < -0.4 is 10.2 Å². The number of carbonyl (C=O) groups is 2. The molecule has 0 aromatic heterocycles. The number of nitrogens with zero attached hydrogens (tertiary/aromatic N) is 2. The van der Waals surface area contributed by atoms with Gasteiger partial charge in [-0.2, -0.15) is 0 Å². The van der Waals surface area contributed by atoms with E-state index in [0.29, 0.717) is 19.6 Å². The van der Waals surface area contributed by atoms with Gasteiger partial charge in [-0.1, -0.05) is 18.2 Å². The molecule has 124 valence electrons. The van der Waals surface area contributed by atoms with Crippen molar-refractivity contribution in [1.29, 1.82) is 0 Å². The van der Waals surface area contributed by atoms with Crippen molar-refractivity contribution in [1.82, 2.24) is 10.2 Å². The second-order valence-electron chi connectivity index (χ2n) is 6.28. The first-order valence-electron chi connectivity index (χ1n) is 8.19. The third kappa shape index (κ3) is 3.32. The van der Waals surface area contributed by atoms with Crippen molar-refractivity contribution >= 4 is 17.6 Å². The number of benzene rings is 1. The Hall–Kier alpha value is -2.08. The van der Waals surface area contributed by atoms with E-state index in [1.165, 1.54) is 5.56 Å². The Balaban J connectivity index is 1.61. The number of urea groups is 1. The summed E-state index contributed by atoms with van der Waals surface area (Å²) in [7, 11) is 0. The summed E-state index contributed by atoms with van der Waals surface area (Å²) in [6.07, 6.45) is 1.89. The van der Waals surface area contributed by atoms with E-state index in [1.54, 1.807) is 16.7 Å². The number of piperidine rings is 1. The van der Waals surface area contributed by atoms with Gasteiger partial charge in [0.2, 0.25) is 5.91 Å². The molecule has 2 N–H and O–H groups in total. The molecule has 0 bridgehead atoms. The first-order valence-corrected chi connectivity index (χ1v) is 8.19. The molecule has 0 saturated carbocycles. The fourth-order valence-corrected chi connectivity index (χ4v) is 3.28. The summed E-state index contributed by atoms with van der Waals surface area (Å²) in [6.45, 7) is 3.32. The summed E-state index contributed by atoms with van der Waals surface area (Å²) in [6, 6.07) is 6.99. The summed E-state index contributed by atoms with van der Waals surface area (Å²) in [5.41, 5.74) is 2.10. The Labute approximate surface area is 136 Å². The fourth-order valence-electron chi connectivity index (χ4n) is 3.28. The average molecular weight is 317 g/mol. The lowest BCUT2D eigenvalue weighted by molar-refractivity contribution is -0.120. The predicted octanol–water partition coefficient (Wildman–Crippen LogP) is 1.13. The molecule has 1 fully saturated rings. The molecule has 6 heteroatoms. The number of amides is 3. The fraction of sp³-hybridized carbons (Fsp3) is 0.529. The quantitative estimate of drug-likeness (QED) is 0.859. The number of nitrogens with one attached hydrogen (secondary N) is 1. The van der Waals surface area contributed by atoms with Crippen molar-refractivity contribution in [2.24, 2.45) is 0 Å². The highest BCUT2D eigenvalue weighted by molar-refractivity contribution is 6.00. The molecule has 1 saturated heterocycles. The summed E-state index contributed by atoms with van der Waals surface area (Å²) in [5, 5.41) is 12.4. The normalized spacial score (nSPS) is 21.7. The molecular formula is C17H23N3O3. The van der Waals surface area contributed by atoms with Crippen molar-refractivity contribution in [2.75, 3.05) is 24.5 Å². The van der Waals surface area contributed by atoms with Crippen LogP contribution in [0.1, 0.15) is 25.3 Å². The highest BCUT2D eigenvalue weighted by Gasteiger charge is 2.30. The molecule has 0 spiro atoms. The first kappa shape index (κ1) is 15.8. The molecule has 0 aliphatic carbocycles. The number of hydrogen-bond acceptors (Lipinski definition) is 3. The number of anilines is 1. The standard InChI is InChI=1S/C17H23N3O3/c1-12(18-17(23)19-9-4-6-14(21)11-19)16(22)20-10-8-13-5-2-3-7-15(13)20/h2-3,5,7,12,14,21H,4,6,8-11H2,1H3,(H,18,23)/t12-,14-/m0/s1. The number of aliphatic hydroxyl groups excluding tert-OH is 1. The van der Waals surface area contributed by atoms with Gasteiger partial charge in [0.1, 0.15) is 6.04 Å². The smallest absolute Gasteiger partial charge is 0.318 e. The Kier molecular flexibility index (Phi) is 4.52. The first-order chi connectivity index (χ1) is 11.1. The third-order valence-corrected chi connectivity index (χ3v) is 4.55. The van der Waals surface area contributed by atoms with Crippen LogP contribution in [-0.4, -0.2) is 53.7 Å². The highest BCUT2D eigenvalue weighted by Crippen LogP contribution is 2.27. The van der Waals surface area contributed by atoms with Gasteiger partial charge in [0, 0.05) is 25.3 Å². The van der Waals surface area contributed by atoms with Gasteiger partial charge in [0.25, 0.3) is 0 Å². The maximum Gasteiger partial charge on any atom is 0.318 e. The molecule has 2 aliphatic rings. The minimum Gasteiger partial charge on any atom is -0.391 e. The van der Waals surface area contributed by atoms with Crippen molar-refractivity contribution in [3.8, 4) is 0 Å². The van der Waals surface area contributed by atoms with E-state index in [-0.39, 0.29) is 11.9 Å². The zero-order valence-electron chi connectivity index (χ0n) is 13.4. The summed E-state index contributed by atoms with van der Waals surface area (Å²) >= 11 is 0. The van der Waals surface area contributed by atoms with Crippen LogP contribution in [-0.2, 0) is 11.2 Å². The maximum absolute atomic E-state index is 12.6. The van der Waals surface area contributed by atoms with Crippen LogP contribution >= 0.6 is 0 Å². The van der Waals surface area contributed by atoms with Crippen LogP contribution in [0, 0.1) is 0 Å². The van der Waals surface area contributed by atoms with Gasteiger partial charge in [0.15, 0.2) is 0 Å². The van der Waals surface area contributed by atoms with Gasteiger partial charge >= 0.3 is 6.03 Å². The van der Waals surface area contributed by atoms with E-state index >= 15 is 0 Å². The second kappa shape index (κ2) is 6.58. The topological polar surface area (TPSA) is 72.9 Å². The Morgan fingerprint density at radius 1 is 1.30 bits per heavy atom. The Bertz CT molecular complexity index is 605. The van der Waals surface area contributed by atoms with E-state index in [1.807, 2.05) is 24.3 Å². The summed E-state index contributed by atoms with van der Waals surface area (Å²) < 4.78 is 0. The largest absolute Gasteiger partial charge is 0.391 e. The molecule has 3 amide bonds. The third-order valence-electron chi connectivity index (χ3n) is 4.55. The minimum atomic E-state index is -0.590. The average Bonchev–Trinajstić information content (AvgIpc) is 2.98. The lowest BCUT2D eigenvalue weighted by Gasteiger charge is -2.31. The van der Waals surface area contributed by atoms with Crippen LogP contribution in [0.15, 0.2) is 24.3 Å². The van der Waals surface area contributed by atoms with Gasteiger partial charge in [-0.25, -0.2) is 4.79 Å². The number of aliphatic hydroxyl groups is 1. The van der Waals surface area contributed by atoms with Crippen LogP contribution in [0.3, 0.4) is 0 Å². The zero-order valence-corrected chi connectivity index (χ0v) is 13.4. The highest BCUT2D eigenvalue weighted by atomic mass is 16.3. The number of fused-ring (bicyclic) bond motifs is 1. The van der Waals surface area contributed by atoms with Gasteiger partial charge in [-0.3, -0.25) is 4.79 Å². The molecule has 3 rings (SSSR count). The van der Waals surface area contributed by atoms with E-state index in [9.17, 15) is 14.7 Å². The van der Waals surface area contributed by atoms with Crippen LogP contribution in [0.5, 0.6) is 0 Å². The number of para-hydroxylation sites is 1. The van der Waals surface area contributed by atoms with Crippen LogP contribution in [0.25, 0.3) is 0 Å². The van der Waals surface area contributed by atoms with Crippen LogP contribution in [0.4, 0.5) is 10.5 Å². The number of hydrogen-bond donors (Lipinski definition) is 2. The van der Waals surface area contributed by atoms with Crippen molar-refractivity contribution in [3.05, 3.63) is 29.8 Å². The van der Waals surface area contributed by atoms with Crippen LogP contribution in [0.2, 0.25) is 0 Å². The summed E-state index contributed by atoms with van der Waals surface area (Å²) in [5.74, 6) is -0.0964. The predicted molar refractivity (Wildman–Crippen MR) is 87.3 cm³/mol. The van der Waals surface area contributed by atoms with E-state index in [0.717, 1.165) is 24.9 Å². The maximum atomic E-state index is 12.6. The van der Waals surface area contributed by atoms with Crippen molar-refractivity contribution in [3.63, 3.8) is 0 Å². The molecule has 0 unspecified atom stereocenters. The van der Waals surface area contributed by atoms with E-state index in [2.05, 4.69) is 5.32 Å². The van der Waals surface area contributed by atoms with Gasteiger partial charge in [0.05, 0.1) is 6.10 Å². The number of rotatable bonds is 2. The number of likely N-dealkylation sites (tertiary alicyclic amines) is 1. The summed E-state index contributed by atoms with van der Waals surface area (Å²) in [4.78, 5) is 28.2. The number of carbonyl (C=O) groups excluding carboxylic acids is 2. The molecule has 23 heavy (non-hydrogen) atoms.